The zero-order chi connectivity index (χ0) is 16.6. The molecule has 132 valence electrons. The van der Waals surface area contributed by atoms with Gasteiger partial charge in [0, 0.05) is 26.1 Å². The molecule has 1 aromatic carbocycles. The second kappa shape index (κ2) is 9.19. The molecule has 1 saturated heterocycles. The van der Waals surface area contributed by atoms with E-state index >= 15 is 0 Å². The molecule has 1 aliphatic heterocycles. The van der Waals surface area contributed by atoms with Crippen LogP contribution in [0.15, 0.2) is 30.3 Å². The van der Waals surface area contributed by atoms with Crippen molar-refractivity contribution in [3.63, 3.8) is 0 Å². The first-order valence-electron chi connectivity index (χ1n) is 9.45. The van der Waals surface area contributed by atoms with E-state index < -0.39 is 0 Å². The van der Waals surface area contributed by atoms with Crippen molar-refractivity contribution >= 4 is 5.91 Å². The van der Waals surface area contributed by atoms with Gasteiger partial charge in [0.2, 0.25) is 5.91 Å². The Labute approximate surface area is 145 Å². The smallest absolute Gasteiger partial charge is 0.220 e. The van der Waals surface area contributed by atoms with E-state index in [1.54, 1.807) is 0 Å². The van der Waals surface area contributed by atoms with Gasteiger partial charge in [0.1, 0.15) is 0 Å². The third-order valence-corrected chi connectivity index (χ3v) is 5.28. The summed E-state index contributed by atoms with van der Waals surface area (Å²) in [6.45, 7) is 4.34. The van der Waals surface area contributed by atoms with Crippen LogP contribution in [0, 0.1) is 5.92 Å². The molecule has 1 unspecified atom stereocenters. The summed E-state index contributed by atoms with van der Waals surface area (Å²) in [7, 11) is 0. The molecule has 0 spiro atoms. The lowest BCUT2D eigenvalue weighted by Crippen LogP contribution is -2.43. The highest BCUT2D eigenvalue weighted by atomic mass is 16.5. The Balaban J connectivity index is 1.59. The normalized spacial score (nSPS) is 21.3. The molecule has 1 heterocycles. The number of rotatable bonds is 6. The number of hydrogen-bond acceptors (Lipinski definition) is 3. The summed E-state index contributed by atoms with van der Waals surface area (Å²) in [5.41, 5.74) is 1.20. The summed E-state index contributed by atoms with van der Waals surface area (Å²) in [4.78, 5) is 15.0. The van der Waals surface area contributed by atoms with Crippen LogP contribution in [-0.2, 0) is 9.53 Å². The van der Waals surface area contributed by atoms with Gasteiger partial charge in [-0.1, -0.05) is 49.6 Å². The number of morpholine rings is 1. The third-order valence-electron chi connectivity index (χ3n) is 5.28. The predicted molar refractivity (Wildman–Crippen MR) is 95.8 cm³/mol. The highest BCUT2D eigenvalue weighted by Gasteiger charge is 2.22. The molecule has 1 N–H and O–H groups in total. The Morgan fingerprint density at radius 1 is 1.12 bits per heavy atom. The fourth-order valence-corrected chi connectivity index (χ4v) is 3.87. The van der Waals surface area contributed by atoms with Crippen molar-refractivity contribution < 1.29 is 9.53 Å². The molecule has 2 fully saturated rings. The molecule has 0 aromatic heterocycles. The van der Waals surface area contributed by atoms with Crippen molar-refractivity contribution in [2.75, 3.05) is 32.8 Å². The Kier molecular flexibility index (Phi) is 6.67. The van der Waals surface area contributed by atoms with Crippen LogP contribution in [0.1, 0.15) is 50.1 Å². The lowest BCUT2D eigenvalue weighted by molar-refractivity contribution is -0.123. The lowest BCUT2D eigenvalue weighted by atomic mass is 9.87. The van der Waals surface area contributed by atoms with Gasteiger partial charge < -0.3 is 10.1 Å². The average molecular weight is 330 g/mol. The first-order valence-corrected chi connectivity index (χ1v) is 9.45. The summed E-state index contributed by atoms with van der Waals surface area (Å²) in [6, 6.07) is 10.4. The molecular weight excluding hydrogens is 300 g/mol. The monoisotopic (exact) mass is 330 g/mol. The van der Waals surface area contributed by atoms with E-state index in [0.717, 1.165) is 32.8 Å². The number of hydrogen-bond donors (Lipinski definition) is 1. The summed E-state index contributed by atoms with van der Waals surface area (Å²) in [5, 5.41) is 3.31. The number of amides is 1. The van der Waals surface area contributed by atoms with E-state index in [2.05, 4.69) is 34.5 Å². The van der Waals surface area contributed by atoms with E-state index in [1.165, 1.54) is 37.7 Å². The summed E-state index contributed by atoms with van der Waals surface area (Å²) in [5.74, 6) is 0.794. The molecule has 1 aliphatic carbocycles. The van der Waals surface area contributed by atoms with Gasteiger partial charge in [-0.15, -0.1) is 0 Å². The maximum Gasteiger partial charge on any atom is 0.220 e. The number of carbonyl (C=O) groups is 1. The van der Waals surface area contributed by atoms with E-state index in [9.17, 15) is 4.79 Å². The first-order chi connectivity index (χ1) is 11.8. The highest BCUT2D eigenvalue weighted by Crippen LogP contribution is 2.26. The van der Waals surface area contributed by atoms with Gasteiger partial charge >= 0.3 is 0 Å². The van der Waals surface area contributed by atoms with Gasteiger partial charge in [-0.05, 0) is 24.3 Å². The largest absolute Gasteiger partial charge is 0.379 e. The third kappa shape index (κ3) is 5.32. The van der Waals surface area contributed by atoms with E-state index in [-0.39, 0.29) is 11.9 Å². The second-order valence-electron chi connectivity index (χ2n) is 7.15. The zero-order valence-electron chi connectivity index (χ0n) is 14.6. The zero-order valence-corrected chi connectivity index (χ0v) is 14.6. The predicted octanol–water partition coefficient (Wildman–Crippen LogP) is 3.15. The van der Waals surface area contributed by atoms with Crippen LogP contribution in [0.25, 0.3) is 0 Å². The number of benzene rings is 1. The van der Waals surface area contributed by atoms with Crippen molar-refractivity contribution in [3.05, 3.63) is 35.9 Å². The fraction of sp³-hybridized carbons (Fsp3) is 0.650. The Morgan fingerprint density at radius 3 is 2.54 bits per heavy atom. The molecule has 24 heavy (non-hydrogen) atoms. The number of nitrogens with zero attached hydrogens (tertiary/aromatic N) is 1. The average Bonchev–Trinajstić information content (AvgIpc) is 2.63. The standard InChI is InChI=1S/C20H30N2O2/c23-20(15-17-7-3-1-4-8-17)21-19(18-9-5-2-6-10-18)16-22-11-13-24-14-12-22/h2,5-6,9-10,17,19H,1,3-4,7-8,11-16H2,(H,21,23). The Hall–Kier alpha value is -1.39. The molecular formula is C20H30N2O2. The van der Waals surface area contributed by atoms with Crippen LogP contribution >= 0.6 is 0 Å². The van der Waals surface area contributed by atoms with Gasteiger partial charge in [-0.25, -0.2) is 0 Å². The van der Waals surface area contributed by atoms with Crippen molar-refractivity contribution in [2.45, 2.75) is 44.6 Å². The quantitative estimate of drug-likeness (QED) is 0.871. The van der Waals surface area contributed by atoms with Gasteiger partial charge in [0.25, 0.3) is 0 Å². The summed E-state index contributed by atoms with van der Waals surface area (Å²) >= 11 is 0. The van der Waals surface area contributed by atoms with E-state index in [1.807, 2.05) is 6.07 Å². The Bertz CT molecular complexity index is 494. The van der Waals surface area contributed by atoms with Crippen LogP contribution in [-0.4, -0.2) is 43.7 Å². The minimum absolute atomic E-state index is 0.0698. The van der Waals surface area contributed by atoms with Crippen molar-refractivity contribution in [1.29, 1.82) is 0 Å². The fourth-order valence-electron chi connectivity index (χ4n) is 3.87. The van der Waals surface area contributed by atoms with Crippen LogP contribution in [0.4, 0.5) is 0 Å². The van der Waals surface area contributed by atoms with Crippen molar-refractivity contribution in [3.8, 4) is 0 Å². The van der Waals surface area contributed by atoms with Crippen molar-refractivity contribution in [2.24, 2.45) is 5.92 Å². The molecule has 3 rings (SSSR count). The van der Waals surface area contributed by atoms with Crippen LogP contribution in [0.5, 0.6) is 0 Å². The summed E-state index contributed by atoms with van der Waals surface area (Å²) in [6.07, 6.45) is 7.02. The van der Waals surface area contributed by atoms with Crippen molar-refractivity contribution in [1.82, 2.24) is 10.2 Å². The maximum absolute atomic E-state index is 12.6. The molecule has 2 aliphatic rings. The Morgan fingerprint density at radius 2 is 1.83 bits per heavy atom. The molecule has 4 nitrogen and oxygen atoms in total. The van der Waals surface area contributed by atoms with E-state index in [4.69, 9.17) is 4.74 Å². The topological polar surface area (TPSA) is 41.6 Å². The molecule has 0 bridgehead atoms. The molecule has 1 amide bonds. The molecule has 1 aromatic rings. The second-order valence-corrected chi connectivity index (χ2v) is 7.15. The molecule has 0 radical (unpaired) electrons. The van der Waals surface area contributed by atoms with Crippen LogP contribution in [0.2, 0.25) is 0 Å². The van der Waals surface area contributed by atoms with Gasteiger partial charge in [0.05, 0.1) is 19.3 Å². The van der Waals surface area contributed by atoms with Crippen LogP contribution in [0.3, 0.4) is 0 Å². The van der Waals surface area contributed by atoms with Gasteiger partial charge in [0.15, 0.2) is 0 Å². The molecule has 4 heteroatoms. The number of carbonyl (C=O) groups excluding carboxylic acids is 1. The van der Waals surface area contributed by atoms with Gasteiger partial charge in [-0.3, -0.25) is 9.69 Å². The minimum atomic E-state index is 0.0698. The number of nitrogens with one attached hydrogen (secondary N) is 1. The highest BCUT2D eigenvalue weighted by molar-refractivity contribution is 5.76. The maximum atomic E-state index is 12.6. The molecule has 1 atom stereocenters. The number of ether oxygens (including phenoxy) is 1. The summed E-state index contributed by atoms with van der Waals surface area (Å²) < 4.78 is 5.44. The lowest BCUT2D eigenvalue weighted by Gasteiger charge is -2.31. The van der Waals surface area contributed by atoms with E-state index in [0.29, 0.717) is 12.3 Å². The SMILES string of the molecule is O=C(CC1CCCCC1)NC(CN1CCOCC1)c1ccccc1. The first kappa shape index (κ1) is 17.4. The molecule has 1 saturated carbocycles. The van der Waals surface area contributed by atoms with Crippen LogP contribution < -0.4 is 5.32 Å². The minimum Gasteiger partial charge on any atom is -0.379 e. The van der Waals surface area contributed by atoms with Gasteiger partial charge in [-0.2, -0.15) is 0 Å².